The number of urea groups is 1. The van der Waals surface area contributed by atoms with Gasteiger partial charge in [-0.15, -0.1) is 0 Å². The van der Waals surface area contributed by atoms with Gasteiger partial charge in [0, 0.05) is 37.6 Å². The molecule has 0 radical (unpaired) electrons. The van der Waals surface area contributed by atoms with Crippen molar-refractivity contribution in [3.05, 3.63) is 0 Å². The van der Waals surface area contributed by atoms with Crippen LogP contribution in [0.4, 0.5) is 4.79 Å². The van der Waals surface area contributed by atoms with E-state index >= 15 is 0 Å². The zero-order valence-corrected chi connectivity index (χ0v) is 11.6. The van der Waals surface area contributed by atoms with Gasteiger partial charge >= 0.3 is 6.03 Å². The van der Waals surface area contributed by atoms with Crippen LogP contribution in [0.2, 0.25) is 0 Å². The van der Waals surface area contributed by atoms with Crippen LogP contribution >= 0.6 is 21.6 Å². The molecule has 0 aliphatic heterocycles. The van der Waals surface area contributed by atoms with Crippen LogP contribution in [-0.2, 0) is 4.79 Å². The highest BCUT2D eigenvalue weighted by atomic mass is 33.1. The summed E-state index contributed by atoms with van der Waals surface area (Å²) >= 11 is 0. The molecule has 0 aliphatic carbocycles. The number of hydrogen-bond donors (Lipinski definition) is 3. The molecule has 2 amide bonds. The maximum atomic E-state index is 11.4. The van der Waals surface area contributed by atoms with Crippen molar-refractivity contribution in [2.45, 2.75) is 13.3 Å². The highest BCUT2D eigenvalue weighted by molar-refractivity contribution is 8.76. The Morgan fingerprint density at radius 1 is 1.24 bits per heavy atom. The summed E-state index contributed by atoms with van der Waals surface area (Å²) in [6.45, 7) is 3.12. The molecule has 0 bridgehead atoms. The summed E-state index contributed by atoms with van der Waals surface area (Å²) in [4.78, 5) is 23.8. The quantitative estimate of drug-likeness (QED) is 0.183. The summed E-state index contributed by atoms with van der Waals surface area (Å²) in [6.07, 6.45) is 0.355. The molecule has 0 saturated carbocycles. The van der Waals surface area contributed by atoms with Crippen molar-refractivity contribution in [3.8, 4) is 0 Å². The third-order valence-corrected chi connectivity index (χ3v) is 4.29. The van der Waals surface area contributed by atoms with Crippen molar-refractivity contribution >= 4 is 33.4 Å². The number of hydrazine groups is 1. The van der Waals surface area contributed by atoms with Crippen molar-refractivity contribution in [2.24, 2.45) is 11.6 Å². The van der Waals surface area contributed by atoms with Gasteiger partial charge in [-0.1, -0.05) is 21.6 Å². The van der Waals surface area contributed by atoms with Crippen LogP contribution < -0.4 is 17.0 Å². The molecule has 17 heavy (non-hydrogen) atoms. The van der Waals surface area contributed by atoms with Crippen molar-refractivity contribution in [1.82, 2.24) is 10.3 Å². The van der Waals surface area contributed by atoms with Crippen molar-refractivity contribution in [3.63, 3.8) is 0 Å². The number of rotatable bonds is 9. The number of hydrogen-bond acceptors (Lipinski definition) is 6. The molecule has 0 atom stereocenters. The number of carbonyl (C=O) groups is 2. The Balaban J connectivity index is 3.85. The zero-order chi connectivity index (χ0) is 13.1. The smallest absolute Gasteiger partial charge is 0.330 e. The second kappa shape index (κ2) is 10.7. The predicted molar refractivity (Wildman–Crippen MR) is 73.6 cm³/mol. The molecule has 5 N–H and O–H groups in total. The lowest BCUT2D eigenvalue weighted by Crippen LogP contribution is -2.45. The van der Waals surface area contributed by atoms with E-state index in [1.54, 1.807) is 21.6 Å². The first-order chi connectivity index (χ1) is 8.11. The summed E-state index contributed by atoms with van der Waals surface area (Å²) < 4.78 is 0. The third-order valence-electron chi connectivity index (χ3n) is 1.87. The van der Waals surface area contributed by atoms with Gasteiger partial charge in [0.2, 0.25) is 0 Å². The first-order valence-corrected chi connectivity index (χ1v) is 7.80. The lowest BCUT2D eigenvalue weighted by atomic mass is 10.3. The van der Waals surface area contributed by atoms with Gasteiger partial charge in [-0.05, 0) is 6.92 Å². The van der Waals surface area contributed by atoms with Crippen LogP contribution in [0.5, 0.6) is 0 Å². The Morgan fingerprint density at radius 2 is 1.88 bits per heavy atom. The average Bonchev–Trinajstić information content (AvgIpc) is 2.31. The highest BCUT2D eigenvalue weighted by Crippen LogP contribution is 2.19. The molecule has 0 rings (SSSR count). The molecular weight excluding hydrogens is 260 g/mol. The monoisotopic (exact) mass is 280 g/mol. The molecule has 0 aromatic carbocycles. The maximum Gasteiger partial charge on any atom is 0.331 e. The standard InChI is InChI=1S/C9H20N4O2S2/c1-8(14)2-4-13(9(15)12-11)5-7-17-16-6-3-10/h2-7,10-11H2,1H3,(H,12,15). The Bertz CT molecular complexity index is 241. The number of nitrogens with zero attached hydrogens (tertiary/aromatic N) is 1. The van der Waals surface area contributed by atoms with E-state index in [-0.39, 0.29) is 11.8 Å². The topological polar surface area (TPSA) is 101 Å². The molecule has 0 fully saturated rings. The van der Waals surface area contributed by atoms with Crippen LogP contribution in [0, 0.1) is 0 Å². The summed E-state index contributed by atoms with van der Waals surface area (Å²) in [6, 6.07) is -0.351. The van der Waals surface area contributed by atoms with E-state index in [1.807, 2.05) is 0 Å². The summed E-state index contributed by atoms with van der Waals surface area (Å²) in [7, 11) is 3.33. The highest BCUT2D eigenvalue weighted by Gasteiger charge is 2.12. The summed E-state index contributed by atoms with van der Waals surface area (Å²) in [5, 5.41) is 0. The van der Waals surface area contributed by atoms with Gasteiger partial charge in [0.1, 0.15) is 5.78 Å². The number of nitrogens with one attached hydrogen (secondary N) is 1. The Kier molecular flexibility index (Phi) is 10.4. The first-order valence-electron chi connectivity index (χ1n) is 5.31. The Hall–Kier alpha value is -0.440. The fourth-order valence-corrected chi connectivity index (χ4v) is 2.86. The molecule has 6 nitrogen and oxygen atoms in total. The van der Waals surface area contributed by atoms with Crippen molar-refractivity contribution in [1.29, 1.82) is 0 Å². The molecule has 8 heteroatoms. The molecular formula is C9H20N4O2S2. The van der Waals surface area contributed by atoms with Crippen LogP contribution in [0.3, 0.4) is 0 Å². The van der Waals surface area contributed by atoms with Crippen LogP contribution in [0.15, 0.2) is 0 Å². The second-order valence-electron chi connectivity index (χ2n) is 3.32. The van der Waals surface area contributed by atoms with E-state index in [9.17, 15) is 9.59 Å². The van der Waals surface area contributed by atoms with Crippen LogP contribution in [-0.4, -0.2) is 47.9 Å². The fourth-order valence-electron chi connectivity index (χ4n) is 1.01. The van der Waals surface area contributed by atoms with Crippen molar-refractivity contribution in [2.75, 3.05) is 31.1 Å². The van der Waals surface area contributed by atoms with Crippen LogP contribution in [0.1, 0.15) is 13.3 Å². The minimum atomic E-state index is -0.351. The van der Waals surface area contributed by atoms with E-state index in [1.165, 1.54) is 11.8 Å². The van der Waals surface area contributed by atoms with Crippen LogP contribution in [0.25, 0.3) is 0 Å². The van der Waals surface area contributed by atoms with Crippen molar-refractivity contribution < 1.29 is 9.59 Å². The molecule has 0 heterocycles. The molecule has 0 aromatic heterocycles. The van der Waals surface area contributed by atoms with E-state index in [4.69, 9.17) is 11.6 Å². The van der Waals surface area contributed by atoms with E-state index in [0.717, 1.165) is 11.5 Å². The van der Waals surface area contributed by atoms with E-state index in [0.29, 0.717) is 26.1 Å². The molecule has 0 aliphatic rings. The van der Waals surface area contributed by atoms with Gasteiger partial charge < -0.3 is 10.6 Å². The Labute approximate surface area is 110 Å². The molecule has 0 aromatic rings. The number of Topliss-reactive ketones (excluding diaryl/α,β-unsaturated/α-hetero) is 1. The van der Waals surface area contributed by atoms with Gasteiger partial charge in [-0.2, -0.15) is 0 Å². The average molecular weight is 280 g/mol. The maximum absolute atomic E-state index is 11.4. The van der Waals surface area contributed by atoms with E-state index in [2.05, 4.69) is 5.43 Å². The largest absolute Gasteiger partial charge is 0.331 e. The minimum absolute atomic E-state index is 0.0602. The lowest BCUT2D eigenvalue weighted by molar-refractivity contribution is -0.117. The number of ketones is 1. The first kappa shape index (κ1) is 16.6. The van der Waals surface area contributed by atoms with Gasteiger partial charge in [-0.25, -0.2) is 10.6 Å². The van der Waals surface area contributed by atoms with E-state index < -0.39 is 0 Å². The Morgan fingerprint density at radius 3 is 2.41 bits per heavy atom. The molecule has 0 saturated heterocycles. The van der Waals surface area contributed by atoms with Gasteiger partial charge in [0.15, 0.2) is 0 Å². The summed E-state index contributed by atoms with van der Waals surface area (Å²) in [5.74, 6) is 6.81. The zero-order valence-electron chi connectivity index (χ0n) is 9.98. The number of nitrogens with two attached hydrogens (primary N) is 2. The molecule has 0 unspecified atom stereocenters. The minimum Gasteiger partial charge on any atom is -0.330 e. The summed E-state index contributed by atoms with van der Waals surface area (Å²) in [5.41, 5.74) is 7.44. The van der Waals surface area contributed by atoms with Gasteiger partial charge in [0.25, 0.3) is 0 Å². The fraction of sp³-hybridized carbons (Fsp3) is 0.778. The molecule has 0 spiro atoms. The third kappa shape index (κ3) is 9.28. The number of carbonyl (C=O) groups excluding carboxylic acids is 2. The van der Waals surface area contributed by atoms with Gasteiger partial charge in [-0.3, -0.25) is 10.2 Å². The molecule has 100 valence electrons. The second-order valence-corrected chi connectivity index (χ2v) is 6.02. The predicted octanol–water partition coefficient (Wildman–Crippen LogP) is 0.191. The van der Waals surface area contributed by atoms with Gasteiger partial charge in [0.05, 0.1) is 0 Å². The lowest BCUT2D eigenvalue weighted by Gasteiger charge is -2.20. The SMILES string of the molecule is CC(=O)CCN(CCSSCCN)C(=O)NN. The normalized spacial score (nSPS) is 10.1. The number of amides is 2.